The van der Waals surface area contributed by atoms with Crippen LogP contribution in [0.5, 0.6) is 0 Å². The average Bonchev–Trinajstić information content (AvgIpc) is 3.34. The molecule has 216 valence electrons. The van der Waals surface area contributed by atoms with Gasteiger partial charge in [-0.2, -0.15) is 13.2 Å². The molecule has 0 bridgehead atoms. The summed E-state index contributed by atoms with van der Waals surface area (Å²) in [6.45, 7) is 6.32. The van der Waals surface area contributed by atoms with E-state index < -0.39 is 22.7 Å². The number of aryl methyl sites for hydroxylation is 1. The summed E-state index contributed by atoms with van der Waals surface area (Å²) in [6, 6.07) is 8.84. The first kappa shape index (κ1) is 27.6. The van der Waals surface area contributed by atoms with Crippen molar-refractivity contribution in [3.8, 4) is 11.1 Å². The molecule has 0 radical (unpaired) electrons. The van der Waals surface area contributed by atoms with E-state index in [1.165, 1.54) is 12.4 Å². The van der Waals surface area contributed by atoms with E-state index in [4.69, 9.17) is 0 Å². The third-order valence-electron chi connectivity index (χ3n) is 9.18. The Morgan fingerprint density at radius 2 is 1.90 bits per heavy atom. The summed E-state index contributed by atoms with van der Waals surface area (Å²) in [5.74, 6) is 1.70. The maximum absolute atomic E-state index is 14.2. The summed E-state index contributed by atoms with van der Waals surface area (Å²) in [5, 5.41) is 8.57. The first-order valence-corrected chi connectivity index (χ1v) is 14.3. The number of piperidine rings is 1. The van der Waals surface area contributed by atoms with Crippen LogP contribution < -0.4 is 5.56 Å². The zero-order chi connectivity index (χ0) is 28.9. The van der Waals surface area contributed by atoms with Crippen LogP contribution >= 0.6 is 0 Å². The molecule has 0 spiro atoms. The fourth-order valence-corrected chi connectivity index (χ4v) is 6.72. The van der Waals surface area contributed by atoms with Crippen LogP contribution in [-0.2, 0) is 25.2 Å². The number of pyridine rings is 1. The minimum absolute atomic E-state index is 0.259. The van der Waals surface area contributed by atoms with E-state index in [1.54, 1.807) is 6.33 Å². The molecule has 0 N–H and O–H groups in total. The molecule has 0 amide bonds. The topological polar surface area (TPSA) is 68.3 Å². The van der Waals surface area contributed by atoms with Gasteiger partial charge >= 0.3 is 6.18 Å². The van der Waals surface area contributed by atoms with Gasteiger partial charge in [-0.15, -0.1) is 10.2 Å². The number of rotatable bonds is 6. The van der Waals surface area contributed by atoms with Gasteiger partial charge in [0.2, 0.25) is 0 Å². The monoisotopic (exact) mass is 564 g/mol. The number of hydrogen-bond donors (Lipinski definition) is 0. The van der Waals surface area contributed by atoms with Crippen molar-refractivity contribution in [2.45, 2.75) is 64.1 Å². The van der Waals surface area contributed by atoms with Crippen molar-refractivity contribution in [2.75, 3.05) is 13.1 Å². The molecule has 2 unspecified atom stereocenters. The van der Waals surface area contributed by atoms with Crippen molar-refractivity contribution in [3.05, 3.63) is 81.9 Å². The molecular weight excluding hydrogens is 529 g/mol. The molecule has 1 saturated carbocycles. The Morgan fingerprint density at radius 3 is 2.56 bits per heavy atom. The van der Waals surface area contributed by atoms with Gasteiger partial charge in [0.25, 0.3) is 5.56 Å². The fourth-order valence-electron chi connectivity index (χ4n) is 6.72. The maximum Gasteiger partial charge on any atom is 0.419 e. The lowest BCUT2D eigenvalue weighted by Gasteiger charge is -2.42. The van der Waals surface area contributed by atoms with E-state index in [1.807, 2.05) is 35.9 Å². The van der Waals surface area contributed by atoms with Crippen LogP contribution in [0, 0.1) is 11.8 Å². The minimum atomic E-state index is -4.64. The smallest absolute Gasteiger partial charge is 0.320 e. The summed E-state index contributed by atoms with van der Waals surface area (Å²) >= 11 is 0. The molecule has 1 aromatic carbocycles. The largest absolute Gasteiger partial charge is 0.419 e. The van der Waals surface area contributed by atoms with Crippen molar-refractivity contribution in [2.24, 2.45) is 18.9 Å². The Balaban J connectivity index is 1.45. The second-order valence-corrected chi connectivity index (χ2v) is 12.1. The highest BCUT2D eigenvalue weighted by molar-refractivity contribution is 5.65. The van der Waals surface area contributed by atoms with Crippen molar-refractivity contribution in [3.63, 3.8) is 0 Å². The molecular formula is C31H35F3N6O. The van der Waals surface area contributed by atoms with E-state index in [9.17, 15) is 18.0 Å². The third kappa shape index (κ3) is 4.96. The second-order valence-electron chi connectivity index (χ2n) is 12.1. The third-order valence-corrected chi connectivity index (χ3v) is 9.18. The zero-order valence-corrected chi connectivity index (χ0v) is 23.7. The molecule has 10 heteroatoms. The molecule has 1 aliphatic carbocycles. The van der Waals surface area contributed by atoms with Crippen molar-refractivity contribution >= 4 is 5.65 Å². The van der Waals surface area contributed by atoms with Gasteiger partial charge in [-0.3, -0.25) is 14.1 Å². The number of alkyl halides is 3. The Bertz CT molecular complexity index is 1640. The van der Waals surface area contributed by atoms with Crippen molar-refractivity contribution < 1.29 is 13.2 Å². The van der Waals surface area contributed by atoms with Gasteiger partial charge in [0.1, 0.15) is 12.2 Å². The molecule has 3 aromatic heterocycles. The Hall–Kier alpha value is -3.53. The van der Waals surface area contributed by atoms with Gasteiger partial charge < -0.3 is 4.57 Å². The van der Waals surface area contributed by atoms with Gasteiger partial charge in [-0.05, 0) is 79.8 Å². The number of halogens is 3. The molecule has 2 aliphatic rings. The van der Waals surface area contributed by atoms with E-state index in [0.717, 1.165) is 67.0 Å². The molecule has 2 atom stereocenters. The summed E-state index contributed by atoms with van der Waals surface area (Å²) in [6.07, 6.45) is 5.26. The summed E-state index contributed by atoms with van der Waals surface area (Å²) in [7, 11) is 1.93. The van der Waals surface area contributed by atoms with Gasteiger partial charge in [-0.25, -0.2) is 4.98 Å². The van der Waals surface area contributed by atoms with Gasteiger partial charge in [0, 0.05) is 32.5 Å². The van der Waals surface area contributed by atoms with Gasteiger partial charge in [-0.1, -0.05) is 31.5 Å². The van der Waals surface area contributed by atoms with E-state index in [-0.39, 0.29) is 11.2 Å². The quantitative estimate of drug-likeness (QED) is 0.294. The van der Waals surface area contributed by atoms with Crippen LogP contribution in [0.1, 0.15) is 68.5 Å². The van der Waals surface area contributed by atoms with Crippen LogP contribution in [0.25, 0.3) is 16.8 Å². The highest BCUT2D eigenvalue weighted by atomic mass is 19.4. The lowest BCUT2D eigenvalue weighted by Crippen LogP contribution is -2.39. The van der Waals surface area contributed by atoms with Crippen LogP contribution in [0.15, 0.2) is 53.8 Å². The molecule has 2 fully saturated rings. The van der Waals surface area contributed by atoms with Crippen molar-refractivity contribution in [1.82, 2.24) is 29.0 Å². The zero-order valence-electron chi connectivity index (χ0n) is 23.7. The summed E-state index contributed by atoms with van der Waals surface area (Å²) in [4.78, 5) is 20.2. The number of aromatic nitrogens is 5. The lowest BCUT2D eigenvalue weighted by molar-refractivity contribution is -0.136. The average molecular weight is 565 g/mol. The first-order chi connectivity index (χ1) is 19.6. The van der Waals surface area contributed by atoms with Crippen LogP contribution in [0.3, 0.4) is 0 Å². The normalized spacial score (nSPS) is 20.2. The summed E-state index contributed by atoms with van der Waals surface area (Å²) in [5.41, 5.74) is 0.102. The molecule has 1 aliphatic heterocycles. The maximum atomic E-state index is 14.2. The van der Waals surface area contributed by atoms with Crippen LogP contribution in [0.2, 0.25) is 0 Å². The molecule has 1 saturated heterocycles. The number of hydrogen-bond acceptors (Lipinski definition) is 5. The standard InChI is InChI=1S/C31H35F3N6O/c1-20-7-6-12-39(16-20)17-21-13-26(31(32,33)34)27-35-15-25(28(41)40(27)18-21)22-8-4-11-24(14-22)30(2,23-9-5-10-23)29-37-36-19-38(29)3/h4,8,11,13-15,18-20,23H,5-7,9-10,12,16-17H2,1-3H3. The highest BCUT2D eigenvalue weighted by Gasteiger charge is 2.44. The number of fused-ring (bicyclic) bond motifs is 1. The van der Waals surface area contributed by atoms with Crippen LogP contribution in [-0.4, -0.2) is 42.1 Å². The van der Waals surface area contributed by atoms with E-state index >= 15 is 0 Å². The first-order valence-electron chi connectivity index (χ1n) is 14.3. The minimum Gasteiger partial charge on any atom is -0.320 e. The molecule has 41 heavy (non-hydrogen) atoms. The lowest BCUT2D eigenvalue weighted by atomic mass is 9.62. The van der Waals surface area contributed by atoms with E-state index in [2.05, 4.69) is 33.9 Å². The fraction of sp³-hybridized carbons (Fsp3) is 0.484. The number of nitrogens with zero attached hydrogens (tertiary/aromatic N) is 6. The molecule has 6 rings (SSSR count). The van der Waals surface area contributed by atoms with Gasteiger partial charge in [0.15, 0.2) is 5.65 Å². The Kier molecular flexibility index (Phi) is 7.00. The highest BCUT2D eigenvalue weighted by Crippen LogP contribution is 2.48. The summed E-state index contributed by atoms with van der Waals surface area (Å²) < 4.78 is 45.5. The Morgan fingerprint density at radius 1 is 1.10 bits per heavy atom. The Labute approximate surface area is 237 Å². The van der Waals surface area contributed by atoms with Crippen molar-refractivity contribution in [1.29, 1.82) is 0 Å². The predicted molar refractivity (Wildman–Crippen MR) is 150 cm³/mol. The molecule has 4 aromatic rings. The number of benzene rings is 1. The van der Waals surface area contributed by atoms with Gasteiger partial charge in [0.05, 0.1) is 16.5 Å². The molecule has 4 heterocycles. The van der Waals surface area contributed by atoms with Crippen LogP contribution in [0.4, 0.5) is 13.2 Å². The molecule has 7 nitrogen and oxygen atoms in total. The predicted octanol–water partition coefficient (Wildman–Crippen LogP) is 5.85. The van der Waals surface area contributed by atoms with E-state index in [0.29, 0.717) is 29.5 Å². The second kappa shape index (κ2) is 10.4. The number of likely N-dealkylation sites (tertiary alicyclic amines) is 1. The SMILES string of the molecule is CC1CCCN(Cc2cc(C(F)(F)F)c3ncc(-c4cccc(C(C)(c5nncn5C)C5CCC5)c4)c(=O)n3c2)C1.